The van der Waals surface area contributed by atoms with E-state index in [1.165, 1.54) is 10.9 Å². The predicted octanol–water partition coefficient (Wildman–Crippen LogP) is 4.73. The third kappa shape index (κ3) is 5.06. The third-order valence-electron chi connectivity index (χ3n) is 5.08. The second-order valence-electron chi connectivity index (χ2n) is 7.39. The summed E-state index contributed by atoms with van der Waals surface area (Å²) in [6, 6.07) is 16.1. The SMILES string of the molecule is [2H]C(c1ccccc1OCCCCCC(=O)O)n1cnc2cc(-c3ccco3)ccc2c1=O. The Morgan fingerprint density at radius 3 is 2.81 bits per heavy atom. The van der Waals surface area contributed by atoms with E-state index < -0.39 is 12.5 Å². The lowest BCUT2D eigenvalue weighted by Gasteiger charge is -2.13. The Hall–Kier alpha value is -3.87. The summed E-state index contributed by atoms with van der Waals surface area (Å²) in [5, 5.41) is 9.13. The molecule has 0 radical (unpaired) electrons. The van der Waals surface area contributed by atoms with E-state index in [4.69, 9.17) is 15.6 Å². The number of benzene rings is 2. The Morgan fingerprint density at radius 1 is 1.12 bits per heavy atom. The van der Waals surface area contributed by atoms with Crippen molar-refractivity contribution in [3.63, 3.8) is 0 Å². The third-order valence-corrected chi connectivity index (χ3v) is 5.08. The van der Waals surface area contributed by atoms with Gasteiger partial charge in [0.25, 0.3) is 5.56 Å². The van der Waals surface area contributed by atoms with Crippen molar-refractivity contribution in [3.05, 3.63) is 83.1 Å². The van der Waals surface area contributed by atoms with Crippen molar-refractivity contribution in [2.24, 2.45) is 0 Å². The van der Waals surface area contributed by atoms with Crippen molar-refractivity contribution in [1.29, 1.82) is 0 Å². The zero-order valence-electron chi connectivity index (χ0n) is 18.4. The molecule has 1 N–H and O–H groups in total. The van der Waals surface area contributed by atoms with Crippen molar-refractivity contribution in [2.45, 2.75) is 32.2 Å². The standard InChI is InChI=1S/C25H24N2O5/c28-24(29)10-2-1-5-13-31-23-8-4-3-7-19(23)16-27-17-26-21-15-18(22-9-6-14-32-22)11-12-20(21)25(27)30/h3-4,6-9,11-12,14-15,17H,1-2,5,10,13,16H2,(H,28,29)/i16D. The van der Waals surface area contributed by atoms with Crippen LogP contribution in [0.2, 0.25) is 0 Å². The van der Waals surface area contributed by atoms with Gasteiger partial charge in [0.1, 0.15) is 11.5 Å². The minimum atomic E-state index is -1.03. The van der Waals surface area contributed by atoms with Crippen molar-refractivity contribution in [3.8, 4) is 17.1 Å². The van der Waals surface area contributed by atoms with Crippen molar-refractivity contribution in [1.82, 2.24) is 9.55 Å². The van der Waals surface area contributed by atoms with Gasteiger partial charge in [-0.3, -0.25) is 14.2 Å². The van der Waals surface area contributed by atoms with Gasteiger partial charge in [-0.2, -0.15) is 0 Å². The molecule has 2 heterocycles. The lowest BCUT2D eigenvalue weighted by atomic mass is 10.1. The van der Waals surface area contributed by atoms with Gasteiger partial charge >= 0.3 is 5.97 Å². The van der Waals surface area contributed by atoms with E-state index in [2.05, 4.69) is 4.98 Å². The van der Waals surface area contributed by atoms with E-state index in [0.717, 1.165) is 12.0 Å². The van der Waals surface area contributed by atoms with E-state index in [0.29, 0.717) is 47.4 Å². The minimum absolute atomic E-state index is 0.145. The number of carboxylic acids is 1. The Morgan fingerprint density at radius 2 is 2.00 bits per heavy atom. The number of nitrogens with zero attached hydrogens (tertiary/aromatic N) is 2. The number of hydrogen-bond donors (Lipinski definition) is 1. The van der Waals surface area contributed by atoms with Crippen LogP contribution in [0.5, 0.6) is 5.75 Å². The number of hydrogen-bond acceptors (Lipinski definition) is 5. The number of para-hydroxylation sites is 1. The molecule has 164 valence electrons. The molecule has 1 atom stereocenters. The van der Waals surface area contributed by atoms with Gasteiger partial charge in [0.2, 0.25) is 0 Å². The fourth-order valence-electron chi connectivity index (χ4n) is 3.43. The molecule has 4 rings (SSSR count). The summed E-state index contributed by atoms with van der Waals surface area (Å²) in [5.74, 6) is 0.413. The van der Waals surface area contributed by atoms with E-state index in [1.807, 2.05) is 12.1 Å². The number of carboxylic acid groups (broad SMARTS) is 1. The molecule has 0 aliphatic rings. The molecule has 32 heavy (non-hydrogen) atoms. The summed E-state index contributed by atoms with van der Waals surface area (Å²) in [6.45, 7) is -0.619. The lowest BCUT2D eigenvalue weighted by molar-refractivity contribution is -0.137. The van der Waals surface area contributed by atoms with Crippen molar-refractivity contribution < 1.29 is 20.4 Å². The maximum atomic E-state index is 13.1. The molecule has 7 heteroatoms. The van der Waals surface area contributed by atoms with Gasteiger partial charge in [-0.15, -0.1) is 0 Å². The van der Waals surface area contributed by atoms with Crippen LogP contribution in [0.4, 0.5) is 0 Å². The van der Waals surface area contributed by atoms with Crippen LogP contribution in [0.3, 0.4) is 0 Å². The molecule has 0 amide bonds. The van der Waals surface area contributed by atoms with E-state index in [9.17, 15) is 9.59 Å². The Kier molecular flexibility index (Phi) is 6.24. The van der Waals surface area contributed by atoms with Crippen molar-refractivity contribution in [2.75, 3.05) is 6.61 Å². The molecule has 0 spiro atoms. The Bertz CT molecular complexity index is 1300. The molecular weight excluding hydrogens is 408 g/mol. The molecule has 4 aromatic rings. The highest BCUT2D eigenvalue weighted by Crippen LogP contribution is 2.23. The number of unbranched alkanes of at least 4 members (excludes halogenated alkanes) is 2. The number of rotatable bonds is 10. The van der Waals surface area contributed by atoms with Crippen LogP contribution < -0.4 is 10.3 Å². The lowest BCUT2D eigenvalue weighted by Crippen LogP contribution is -2.21. The largest absolute Gasteiger partial charge is 0.493 e. The van der Waals surface area contributed by atoms with E-state index >= 15 is 0 Å². The van der Waals surface area contributed by atoms with E-state index in [-0.39, 0.29) is 12.0 Å². The first-order valence-electron chi connectivity index (χ1n) is 11.0. The highest BCUT2D eigenvalue weighted by atomic mass is 16.5. The molecule has 1 unspecified atom stereocenters. The molecule has 0 aliphatic heterocycles. The molecule has 2 aromatic heterocycles. The molecule has 7 nitrogen and oxygen atoms in total. The number of furan rings is 1. The summed E-state index contributed by atoms with van der Waals surface area (Å²) in [4.78, 5) is 28.1. The van der Waals surface area contributed by atoms with Crippen LogP contribution in [0.25, 0.3) is 22.2 Å². The molecule has 2 aromatic carbocycles. The zero-order valence-corrected chi connectivity index (χ0v) is 17.4. The summed E-state index contributed by atoms with van der Waals surface area (Å²) in [6.07, 6.45) is 5.17. The fourth-order valence-corrected chi connectivity index (χ4v) is 3.43. The van der Waals surface area contributed by atoms with Gasteiger partial charge in [-0.25, -0.2) is 4.98 Å². The van der Waals surface area contributed by atoms with Gasteiger partial charge in [-0.05, 0) is 49.6 Å². The molecule has 0 aliphatic carbocycles. The zero-order chi connectivity index (χ0) is 23.2. The molecular formula is C25H24N2O5. The number of fused-ring (bicyclic) bond motifs is 1. The summed E-state index contributed by atoms with van der Waals surface area (Å²) in [5.41, 5.74) is 1.60. The van der Waals surface area contributed by atoms with Crippen LogP contribution in [0, 0.1) is 0 Å². The average Bonchev–Trinajstić information content (AvgIpc) is 3.36. The van der Waals surface area contributed by atoms with Crippen molar-refractivity contribution >= 4 is 16.9 Å². The second kappa shape index (κ2) is 9.96. The fraction of sp³-hybridized carbons (Fsp3) is 0.240. The molecule has 0 fully saturated rings. The molecule has 0 saturated carbocycles. The maximum Gasteiger partial charge on any atom is 0.303 e. The highest BCUT2D eigenvalue weighted by Gasteiger charge is 2.10. The van der Waals surface area contributed by atoms with Gasteiger partial charge < -0.3 is 14.3 Å². The van der Waals surface area contributed by atoms with Gasteiger partial charge in [0, 0.05) is 17.5 Å². The van der Waals surface area contributed by atoms with Crippen LogP contribution in [0.15, 0.2) is 76.4 Å². The summed E-state index contributed by atoms with van der Waals surface area (Å²) < 4.78 is 21.3. The summed E-state index contributed by atoms with van der Waals surface area (Å²) in [7, 11) is 0. The normalized spacial score (nSPS) is 12.4. The van der Waals surface area contributed by atoms with Crippen LogP contribution in [-0.2, 0) is 11.3 Å². The smallest absolute Gasteiger partial charge is 0.303 e. The van der Waals surface area contributed by atoms with Gasteiger partial charge in [0.15, 0.2) is 0 Å². The van der Waals surface area contributed by atoms with Gasteiger partial charge in [-0.1, -0.05) is 24.3 Å². The minimum Gasteiger partial charge on any atom is -0.493 e. The number of carbonyl (C=O) groups is 1. The summed E-state index contributed by atoms with van der Waals surface area (Å²) >= 11 is 0. The maximum absolute atomic E-state index is 13.1. The van der Waals surface area contributed by atoms with E-state index in [1.54, 1.807) is 48.7 Å². The number of aromatic nitrogens is 2. The monoisotopic (exact) mass is 433 g/mol. The molecule has 0 saturated heterocycles. The highest BCUT2D eigenvalue weighted by molar-refractivity contribution is 5.82. The quantitative estimate of drug-likeness (QED) is 0.363. The Labute approximate surface area is 186 Å². The Balaban J connectivity index is 1.53. The molecule has 0 bridgehead atoms. The number of aliphatic carboxylic acids is 1. The first kappa shape index (κ1) is 20.1. The average molecular weight is 433 g/mol. The predicted molar refractivity (Wildman–Crippen MR) is 121 cm³/mol. The first-order valence-corrected chi connectivity index (χ1v) is 10.4. The first-order chi connectivity index (χ1) is 16.0. The van der Waals surface area contributed by atoms with Gasteiger partial charge in [0.05, 0.1) is 38.0 Å². The van der Waals surface area contributed by atoms with Crippen LogP contribution in [0.1, 0.15) is 32.6 Å². The topological polar surface area (TPSA) is 94.6 Å². The number of ether oxygens (including phenoxy) is 1. The van der Waals surface area contributed by atoms with Crippen LogP contribution in [-0.4, -0.2) is 27.2 Å². The second-order valence-corrected chi connectivity index (χ2v) is 7.39. The van der Waals surface area contributed by atoms with Crippen LogP contribution >= 0.6 is 0 Å².